The van der Waals surface area contributed by atoms with E-state index < -0.39 is 0 Å². The average Bonchev–Trinajstić information content (AvgIpc) is 3.14. The van der Waals surface area contributed by atoms with Crippen LogP contribution in [0.5, 0.6) is 0 Å². The van der Waals surface area contributed by atoms with Gasteiger partial charge in [0.15, 0.2) is 0 Å². The van der Waals surface area contributed by atoms with Crippen molar-refractivity contribution in [2.45, 2.75) is 39.3 Å². The van der Waals surface area contributed by atoms with Gasteiger partial charge >= 0.3 is 0 Å². The van der Waals surface area contributed by atoms with Crippen LogP contribution in [0.4, 0.5) is 11.8 Å². The summed E-state index contributed by atoms with van der Waals surface area (Å²) in [7, 11) is 0. The van der Waals surface area contributed by atoms with E-state index in [2.05, 4.69) is 64.4 Å². The van der Waals surface area contributed by atoms with E-state index in [9.17, 15) is 0 Å². The molecule has 0 amide bonds. The number of hydrogen-bond donors (Lipinski definition) is 1. The first-order chi connectivity index (χ1) is 13.2. The Hall–Kier alpha value is -2.79. The summed E-state index contributed by atoms with van der Waals surface area (Å²) in [4.78, 5) is 15.8. The molecule has 0 spiro atoms. The number of nitrogens with zero attached hydrogens (tertiary/aromatic N) is 4. The Bertz CT molecular complexity index is 910. The molecule has 5 heteroatoms. The van der Waals surface area contributed by atoms with Crippen LogP contribution in [-0.2, 0) is 6.54 Å². The first kappa shape index (κ1) is 17.6. The summed E-state index contributed by atoms with van der Waals surface area (Å²) in [6, 6.07) is 15.1. The molecule has 3 aromatic rings. The van der Waals surface area contributed by atoms with Crippen molar-refractivity contribution in [3.8, 4) is 0 Å². The number of nitrogens with one attached hydrogen (secondary N) is 1. The summed E-state index contributed by atoms with van der Waals surface area (Å²) < 4.78 is 0. The van der Waals surface area contributed by atoms with Gasteiger partial charge < -0.3 is 5.32 Å². The lowest BCUT2D eigenvalue weighted by molar-refractivity contribution is 0.244. The average molecular weight is 359 g/mol. The van der Waals surface area contributed by atoms with Gasteiger partial charge in [0.05, 0.1) is 11.7 Å². The largest absolute Gasteiger partial charge is 0.309 e. The minimum absolute atomic E-state index is 0.352. The molecule has 3 heterocycles. The molecule has 0 aliphatic carbocycles. The van der Waals surface area contributed by atoms with Crippen molar-refractivity contribution in [3.05, 3.63) is 77.2 Å². The molecule has 1 aliphatic rings. The summed E-state index contributed by atoms with van der Waals surface area (Å²) in [5.41, 5.74) is 5.19. The van der Waals surface area contributed by atoms with Crippen molar-refractivity contribution < 1.29 is 0 Å². The quantitative estimate of drug-likeness (QED) is 0.723. The molecule has 138 valence electrons. The van der Waals surface area contributed by atoms with Crippen molar-refractivity contribution in [1.82, 2.24) is 19.9 Å². The summed E-state index contributed by atoms with van der Waals surface area (Å²) in [5.74, 6) is 1.36. The second kappa shape index (κ2) is 7.84. The van der Waals surface area contributed by atoms with Crippen molar-refractivity contribution >= 4 is 11.8 Å². The number of anilines is 2. The molecule has 0 unspecified atom stereocenters. The molecule has 4 rings (SSSR count). The Morgan fingerprint density at radius 3 is 2.70 bits per heavy atom. The monoisotopic (exact) mass is 359 g/mol. The molecule has 0 radical (unpaired) electrons. The van der Waals surface area contributed by atoms with E-state index in [1.807, 2.05) is 6.07 Å². The van der Waals surface area contributed by atoms with Gasteiger partial charge in [0.1, 0.15) is 5.82 Å². The van der Waals surface area contributed by atoms with E-state index in [1.165, 1.54) is 23.1 Å². The molecule has 1 saturated heterocycles. The molecule has 2 aromatic heterocycles. The number of benzene rings is 1. The second-order valence-electron chi connectivity index (χ2n) is 7.19. The predicted octanol–water partition coefficient (Wildman–Crippen LogP) is 4.57. The minimum Gasteiger partial charge on any atom is -0.309 e. The van der Waals surface area contributed by atoms with Crippen LogP contribution < -0.4 is 5.32 Å². The fourth-order valence-electron chi connectivity index (χ4n) is 3.67. The maximum Gasteiger partial charge on any atom is 0.228 e. The Morgan fingerprint density at radius 2 is 1.89 bits per heavy atom. The number of aromatic nitrogens is 3. The normalized spacial score (nSPS) is 17.2. The van der Waals surface area contributed by atoms with Crippen LogP contribution in [0, 0.1) is 13.8 Å². The van der Waals surface area contributed by atoms with Gasteiger partial charge in [0.25, 0.3) is 0 Å². The maximum atomic E-state index is 4.84. The number of pyridine rings is 1. The zero-order valence-electron chi connectivity index (χ0n) is 15.9. The Kier molecular flexibility index (Phi) is 5.12. The molecule has 0 bridgehead atoms. The first-order valence-corrected chi connectivity index (χ1v) is 9.50. The Morgan fingerprint density at radius 1 is 1.04 bits per heavy atom. The lowest BCUT2D eigenvalue weighted by Crippen LogP contribution is -2.23. The summed E-state index contributed by atoms with van der Waals surface area (Å²) in [6.45, 7) is 6.42. The van der Waals surface area contributed by atoms with E-state index in [4.69, 9.17) is 4.98 Å². The van der Waals surface area contributed by atoms with Gasteiger partial charge in [-0.3, -0.25) is 4.90 Å². The molecular weight excluding hydrogens is 334 g/mol. The summed E-state index contributed by atoms with van der Waals surface area (Å²) in [6.07, 6.45) is 5.79. The predicted molar refractivity (Wildman–Crippen MR) is 108 cm³/mol. The zero-order valence-corrected chi connectivity index (χ0v) is 15.9. The first-order valence-electron chi connectivity index (χ1n) is 9.50. The SMILES string of the molecule is Cc1ccc(CN2CCC[C@@H]2c2cccc(Nc3ncccn3)n2)cc1C. The number of aryl methyl sites for hydroxylation is 2. The molecule has 1 aliphatic heterocycles. The highest BCUT2D eigenvalue weighted by molar-refractivity contribution is 5.47. The standard InChI is InChI=1S/C22H25N5/c1-16-9-10-18(14-17(16)2)15-27-13-4-7-20(27)19-6-3-8-21(25-19)26-22-23-11-5-12-24-22/h3,5-6,8-12,14,20H,4,7,13,15H2,1-2H3,(H,23,24,25,26)/t20-/m1/s1. The molecular formula is C22H25N5. The van der Waals surface area contributed by atoms with Gasteiger partial charge in [-0.25, -0.2) is 15.0 Å². The number of rotatable bonds is 5. The number of hydrogen-bond acceptors (Lipinski definition) is 5. The van der Waals surface area contributed by atoms with Crippen LogP contribution in [0.15, 0.2) is 54.9 Å². The Balaban J connectivity index is 1.51. The van der Waals surface area contributed by atoms with E-state index in [0.717, 1.165) is 31.0 Å². The maximum absolute atomic E-state index is 4.84. The fourth-order valence-corrected chi connectivity index (χ4v) is 3.67. The highest BCUT2D eigenvalue weighted by atomic mass is 15.2. The van der Waals surface area contributed by atoms with Crippen LogP contribution in [0.1, 0.15) is 41.3 Å². The van der Waals surface area contributed by atoms with Gasteiger partial charge in [-0.2, -0.15) is 0 Å². The van der Waals surface area contributed by atoms with Crippen molar-refractivity contribution in [3.63, 3.8) is 0 Å². The third-order valence-corrected chi connectivity index (χ3v) is 5.24. The molecule has 27 heavy (non-hydrogen) atoms. The molecule has 5 nitrogen and oxygen atoms in total. The van der Waals surface area contributed by atoms with E-state index >= 15 is 0 Å². The smallest absolute Gasteiger partial charge is 0.228 e. The molecule has 1 aromatic carbocycles. The van der Waals surface area contributed by atoms with Gasteiger partial charge in [0.2, 0.25) is 5.95 Å². The van der Waals surface area contributed by atoms with Crippen LogP contribution in [0.3, 0.4) is 0 Å². The van der Waals surface area contributed by atoms with Crippen molar-refractivity contribution in [1.29, 1.82) is 0 Å². The van der Waals surface area contributed by atoms with Gasteiger partial charge in [-0.05, 0) is 68.1 Å². The molecule has 1 atom stereocenters. The summed E-state index contributed by atoms with van der Waals surface area (Å²) >= 11 is 0. The van der Waals surface area contributed by atoms with Crippen LogP contribution in [-0.4, -0.2) is 26.4 Å². The summed E-state index contributed by atoms with van der Waals surface area (Å²) in [5, 5.41) is 3.19. The van der Waals surface area contributed by atoms with Crippen LogP contribution >= 0.6 is 0 Å². The molecule has 0 saturated carbocycles. The van der Waals surface area contributed by atoms with Crippen LogP contribution in [0.2, 0.25) is 0 Å². The minimum atomic E-state index is 0.352. The van der Waals surface area contributed by atoms with Crippen molar-refractivity contribution in [2.24, 2.45) is 0 Å². The highest BCUT2D eigenvalue weighted by Gasteiger charge is 2.27. The van der Waals surface area contributed by atoms with Crippen LogP contribution in [0.25, 0.3) is 0 Å². The molecule has 1 fully saturated rings. The van der Waals surface area contributed by atoms with E-state index in [1.54, 1.807) is 18.5 Å². The van der Waals surface area contributed by atoms with E-state index in [0.29, 0.717) is 12.0 Å². The molecule has 1 N–H and O–H groups in total. The van der Waals surface area contributed by atoms with E-state index in [-0.39, 0.29) is 0 Å². The Labute approximate surface area is 160 Å². The van der Waals surface area contributed by atoms with Gasteiger partial charge in [-0.15, -0.1) is 0 Å². The topological polar surface area (TPSA) is 53.9 Å². The fraction of sp³-hybridized carbons (Fsp3) is 0.318. The van der Waals surface area contributed by atoms with Crippen molar-refractivity contribution in [2.75, 3.05) is 11.9 Å². The second-order valence-corrected chi connectivity index (χ2v) is 7.19. The highest BCUT2D eigenvalue weighted by Crippen LogP contribution is 2.33. The third kappa shape index (κ3) is 4.14. The lowest BCUT2D eigenvalue weighted by Gasteiger charge is -2.24. The zero-order chi connectivity index (χ0) is 18.6. The van der Waals surface area contributed by atoms with Gasteiger partial charge in [0, 0.05) is 18.9 Å². The van der Waals surface area contributed by atoms with Gasteiger partial charge in [-0.1, -0.05) is 24.3 Å². The lowest BCUT2D eigenvalue weighted by atomic mass is 10.1. The third-order valence-electron chi connectivity index (χ3n) is 5.24. The number of likely N-dealkylation sites (tertiary alicyclic amines) is 1.